The zero-order chi connectivity index (χ0) is 39.6. The average Bonchev–Trinajstić information content (AvgIpc) is 3.88. The van der Waals surface area contributed by atoms with Crippen molar-refractivity contribution in [3.8, 4) is 0 Å². The largest absolute Gasteiger partial charge is 0.462 e. The predicted molar refractivity (Wildman–Crippen MR) is 229 cm³/mol. The fourth-order valence-corrected chi connectivity index (χ4v) is 9.48. The van der Waals surface area contributed by atoms with Crippen LogP contribution >= 0.6 is 34.4 Å². The Hall–Kier alpha value is -5.79. The van der Waals surface area contributed by atoms with E-state index in [9.17, 15) is 19.2 Å². The van der Waals surface area contributed by atoms with Gasteiger partial charge in [0, 0.05) is 45.5 Å². The third-order valence-corrected chi connectivity index (χ3v) is 12.3. The predicted octanol–water partition coefficient (Wildman–Crippen LogP) is 9.43. The number of esters is 1. The van der Waals surface area contributed by atoms with Crippen LogP contribution < -0.4 is 16.0 Å². The van der Waals surface area contributed by atoms with Crippen molar-refractivity contribution >= 4 is 74.9 Å². The first-order chi connectivity index (χ1) is 27.8. The Kier molecular flexibility index (Phi) is 13.1. The van der Waals surface area contributed by atoms with Crippen LogP contribution in [0.1, 0.15) is 59.3 Å². The maximum Gasteiger partial charge on any atom is 0.341 e. The van der Waals surface area contributed by atoms with Gasteiger partial charge in [0.15, 0.2) is 0 Å². The number of benzene rings is 4. The quantitative estimate of drug-likeness (QED) is 0.0570. The van der Waals surface area contributed by atoms with Crippen LogP contribution in [0.25, 0.3) is 6.08 Å². The minimum absolute atomic E-state index is 0.0881. The van der Waals surface area contributed by atoms with Crippen molar-refractivity contribution < 1.29 is 23.9 Å². The summed E-state index contributed by atoms with van der Waals surface area (Å²) in [5.74, 6) is -1.64. The van der Waals surface area contributed by atoms with E-state index in [1.54, 1.807) is 55.5 Å². The van der Waals surface area contributed by atoms with E-state index >= 15 is 0 Å². The van der Waals surface area contributed by atoms with Crippen molar-refractivity contribution in [2.75, 3.05) is 23.8 Å². The molecule has 0 bridgehead atoms. The van der Waals surface area contributed by atoms with Crippen LogP contribution in [0.3, 0.4) is 0 Å². The molecule has 7 rings (SSSR count). The summed E-state index contributed by atoms with van der Waals surface area (Å²) in [6, 6.07) is 39.4. The number of thiophene rings is 2. The van der Waals surface area contributed by atoms with Gasteiger partial charge < -0.3 is 20.7 Å². The third kappa shape index (κ3) is 10.2. The Morgan fingerprint density at radius 1 is 0.860 bits per heavy atom. The average molecular weight is 813 g/mol. The number of rotatable bonds is 14. The van der Waals surface area contributed by atoms with E-state index in [0.29, 0.717) is 34.8 Å². The highest BCUT2D eigenvalue weighted by molar-refractivity contribution is 8.00. The number of carbonyl (C=O) groups excluding carboxylic acids is 4. The Labute approximate surface area is 343 Å². The Morgan fingerprint density at radius 2 is 1.60 bits per heavy atom. The molecule has 4 aromatic carbocycles. The minimum atomic E-state index is -0.708. The fraction of sp³-hybridized carbons (Fsp3) is 0.156. The molecule has 1 aliphatic rings. The molecule has 0 saturated heterocycles. The van der Waals surface area contributed by atoms with E-state index in [0.717, 1.165) is 38.9 Å². The molecule has 1 aliphatic heterocycles. The Morgan fingerprint density at radius 3 is 2.32 bits per heavy atom. The van der Waals surface area contributed by atoms with E-state index in [4.69, 9.17) is 4.74 Å². The van der Waals surface area contributed by atoms with E-state index < -0.39 is 23.0 Å². The fourth-order valence-electron chi connectivity index (χ4n) is 6.46. The van der Waals surface area contributed by atoms with Gasteiger partial charge in [-0.1, -0.05) is 91.0 Å². The van der Waals surface area contributed by atoms with Crippen molar-refractivity contribution in [2.24, 2.45) is 0 Å². The Balaban J connectivity index is 1.11. The summed E-state index contributed by atoms with van der Waals surface area (Å²) >= 11 is 4.20. The summed E-state index contributed by atoms with van der Waals surface area (Å²) in [6.45, 7) is 4.22. The molecule has 1 atom stereocenters. The summed E-state index contributed by atoms with van der Waals surface area (Å²) in [5, 5.41) is 10.5. The second-order valence-electron chi connectivity index (χ2n) is 13.1. The number of hydrogen-bond donors (Lipinski definition) is 3. The van der Waals surface area contributed by atoms with Crippen LogP contribution in [0.15, 0.2) is 143 Å². The van der Waals surface area contributed by atoms with Crippen LogP contribution in [0.4, 0.5) is 10.7 Å². The van der Waals surface area contributed by atoms with E-state index in [1.807, 2.05) is 78.2 Å². The van der Waals surface area contributed by atoms with Gasteiger partial charge in [0.1, 0.15) is 15.9 Å². The van der Waals surface area contributed by atoms with Gasteiger partial charge in [-0.05, 0) is 77.9 Å². The Bertz CT molecular complexity index is 2360. The van der Waals surface area contributed by atoms with Gasteiger partial charge in [-0.25, -0.2) is 4.79 Å². The van der Waals surface area contributed by atoms with Gasteiger partial charge in [0.2, 0.25) is 5.91 Å². The number of fused-ring (bicyclic) bond motifs is 1. The summed E-state index contributed by atoms with van der Waals surface area (Å²) in [5.41, 5.74) is 4.34. The van der Waals surface area contributed by atoms with Crippen molar-refractivity contribution in [1.29, 1.82) is 0 Å². The second-order valence-corrected chi connectivity index (χ2v) is 16.4. The molecule has 3 heterocycles. The lowest BCUT2D eigenvalue weighted by molar-refractivity contribution is -0.116. The molecule has 0 spiro atoms. The van der Waals surface area contributed by atoms with Crippen LogP contribution in [-0.4, -0.2) is 41.7 Å². The zero-order valence-electron chi connectivity index (χ0n) is 31.1. The highest BCUT2D eigenvalue weighted by atomic mass is 32.2. The number of anilines is 2. The smallest absolute Gasteiger partial charge is 0.341 e. The van der Waals surface area contributed by atoms with Crippen molar-refractivity contribution in [3.63, 3.8) is 0 Å². The van der Waals surface area contributed by atoms with E-state index in [-0.39, 0.29) is 18.2 Å². The first-order valence-electron chi connectivity index (χ1n) is 18.5. The summed E-state index contributed by atoms with van der Waals surface area (Å²) < 4.78 is 5.51. The van der Waals surface area contributed by atoms with Gasteiger partial charge in [0.25, 0.3) is 11.8 Å². The topological polar surface area (TPSA) is 117 Å². The third-order valence-electron chi connectivity index (χ3n) is 9.15. The van der Waals surface area contributed by atoms with Gasteiger partial charge in [-0.2, -0.15) is 0 Å². The van der Waals surface area contributed by atoms with Crippen molar-refractivity contribution in [3.05, 3.63) is 176 Å². The van der Waals surface area contributed by atoms with Gasteiger partial charge in [-0.15, -0.1) is 34.4 Å². The molecular weight excluding hydrogens is 773 g/mol. The normalized spacial score (nSPS) is 13.2. The number of nitrogens with zero attached hydrogens (tertiary/aromatic N) is 1. The molecule has 57 heavy (non-hydrogen) atoms. The molecule has 9 nitrogen and oxygen atoms in total. The summed E-state index contributed by atoms with van der Waals surface area (Å²) in [6.07, 6.45) is 2.31. The molecule has 2 aromatic heterocycles. The van der Waals surface area contributed by atoms with Crippen LogP contribution in [0.2, 0.25) is 0 Å². The standard InChI is InChI=1S/C45H40N4O5S3/c1-2-54-45(53)39-36-23-24-49(28-30-14-6-3-7-15-30)29-38(36)57-44(39)48-43(52)40(31-16-8-4-9-17-31)56-35-21-12-20-33(26-35)46-42(51)37(27-34-22-13-25-55-34)47-41(50)32-18-10-5-11-19-32/h3-22,25-27,40H,2,23-24,28-29H2,1H3,(H,46,51)(H,47,50)(H,48,52)/b37-27-. The lowest BCUT2D eigenvalue weighted by Crippen LogP contribution is -2.30. The monoisotopic (exact) mass is 812 g/mol. The molecule has 6 aromatic rings. The van der Waals surface area contributed by atoms with Crippen LogP contribution in [0.5, 0.6) is 0 Å². The van der Waals surface area contributed by atoms with Crippen molar-refractivity contribution in [1.82, 2.24) is 10.2 Å². The molecule has 3 amide bonds. The van der Waals surface area contributed by atoms with Gasteiger partial charge in [-0.3, -0.25) is 19.3 Å². The second kappa shape index (κ2) is 18.9. The lowest BCUT2D eigenvalue weighted by atomic mass is 10.0. The molecule has 0 aliphatic carbocycles. The van der Waals surface area contributed by atoms with E-state index in [2.05, 4.69) is 33.0 Å². The maximum absolute atomic E-state index is 14.4. The first-order valence-corrected chi connectivity index (χ1v) is 21.1. The highest BCUT2D eigenvalue weighted by Crippen LogP contribution is 2.41. The summed E-state index contributed by atoms with van der Waals surface area (Å²) in [7, 11) is 0. The van der Waals surface area contributed by atoms with Gasteiger partial charge in [0.05, 0.1) is 12.2 Å². The van der Waals surface area contributed by atoms with Crippen molar-refractivity contribution in [2.45, 2.75) is 36.6 Å². The SMILES string of the molecule is CCOC(=O)c1c(NC(=O)C(Sc2cccc(NC(=O)/C(=C/c3cccs3)NC(=O)c3ccccc3)c2)c2ccccc2)sc2c1CCN(Cc1ccccc1)C2. The van der Waals surface area contributed by atoms with E-state index in [1.165, 1.54) is 40.0 Å². The molecular formula is C45H40N4O5S3. The maximum atomic E-state index is 14.4. The number of thioether (sulfide) groups is 1. The summed E-state index contributed by atoms with van der Waals surface area (Å²) in [4.78, 5) is 59.5. The minimum Gasteiger partial charge on any atom is -0.462 e. The number of hydrogen-bond acceptors (Lipinski definition) is 9. The molecule has 1 unspecified atom stereocenters. The number of nitrogens with one attached hydrogen (secondary N) is 3. The molecule has 0 radical (unpaired) electrons. The zero-order valence-corrected chi connectivity index (χ0v) is 33.6. The first kappa shape index (κ1) is 39.4. The lowest BCUT2D eigenvalue weighted by Gasteiger charge is -2.27. The van der Waals surface area contributed by atoms with Crippen LogP contribution in [0, 0.1) is 0 Å². The highest BCUT2D eigenvalue weighted by Gasteiger charge is 2.31. The number of ether oxygens (including phenoxy) is 1. The molecule has 3 N–H and O–H groups in total. The molecule has 288 valence electrons. The molecule has 0 fully saturated rings. The number of carbonyl (C=O) groups is 4. The van der Waals surface area contributed by atoms with Crippen LogP contribution in [-0.2, 0) is 33.8 Å². The number of amides is 3. The molecule has 12 heteroatoms. The van der Waals surface area contributed by atoms with Gasteiger partial charge >= 0.3 is 5.97 Å². The molecule has 0 saturated carbocycles.